The van der Waals surface area contributed by atoms with Gasteiger partial charge < -0.3 is 9.47 Å². The van der Waals surface area contributed by atoms with Crippen molar-refractivity contribution in [2.45, 2.75) is 26.0 Å². The van der Waals surface area contributed by atoms with Gasteiger partial charge in [0.05, 0.1) is 16.4 Å². The summed E-state index contributed by atoms with van der Waals surface area (Å²) in [6.45, 7) is 1.70. The molecule has 0 spiro atoms. The maximum Gasteiger partial charge on any atom is 0.329 e. The molecular formula is C28H24N2O4S. The average Bonchev–Trinajstić information content (AvgIpc) is 3.36. The third kappa shape index (κ3) is 5.10. The molecule has 0 fully saturated rings. The SMILES string of the molecule is CC(C(=O)OCc1ccccc1)N1C(=O)COc2ccc(-c3csc(Cc4ccccc4)n3)cc21. The van der Waals surface area contributed by atoms with E-state index < -0.39 is 12.0 Å². The van der Waals surface area contributed by atoms with Crippen LogP contribution >= 0.6 is 11.3 Å². The minimum absolute atomic E-state index is 0.124. The first kappa shape index (κ1) is 22.8. The highest BCUT2D eigenvalue weighted by molar-refractivity contribution is 7.10. The van der Waals surface area contributed by atoms with Crippen LogP contribution < -0.4 is 9.64 Å². The smallest absolute Gasteiger partial charge is 0.329 e. The lowest BCUT2D eigenvalue weighted by atomic mass is 10.1. The Hall–Kier alpha value is -3.97. The number of nitrogens with zero attached hydrogens (tertiary/aromatic N) is 2. The van der Waals surface area contributed by atoms with E-state index in [0.717, 1.165) is 28.2 Å². The number of aromatic nitrogens is 1. The Morgan fingerprint density at radius 2 is 1.77 bits per heavy atom. The van der Waals surface area contributed by atoms with Crippen LogP contribution in [0.25, 0.3) is 11.3 Å². The highest BCUT2D eigenvalue weighted by atomic mass is 32.1. The Bertz CT molecular complexity index is 1340. The number of ether oxygens (including phenoxy) is 2. The van der Waals surface area contributed by atoms with Gasteiger partial charge in [-0.15, -0.1) is 11.3 Å². The maximum absolute atomic E-state index is 12.8. The zero-order chi connectivity index (χ0) is 24.2. The Labute approximate surface area is 207 Å². The second-order valence-corrected chi connectivity index (χ2v) is 9.24. The van der Waals surface area contributed by atoms with Gasteiger partial charge in [0.1, 0.15) is 18.4 Å². The zero-order valence-corrected chi connectivity index (χ0v) is 20.0. The molecule has 3 aromatic carbocycles. The number of amides is 1. The van der Waals surface area contributed by atoms with Gasteiger partial charge in [0.25, 0.3) is 5.91 Å². The molecule has 7 heteroatoms. The van der Waals surface area contributed by atoms with Gasteiger partial charge in [0, 0.05) is 17.4 Å². The number of thiazole rings is 1. The lowest BCUT2D eigenvalue weighted by Crippen LogP contribution is -2.48. The van der Waals surface area contributed by atoms with Crippen LogP contribution in [0.5, 0.6) is 5.75 Å². The van der Waals surface area contributed by atoms with Crippen molar-refractivity contribution in [2.24, 2.45) is 0 Å². The van der Waals surface area contributed by atoms with Crippen LogP contribution in [0.3, 0.4) is 0 Å². The topological polar surface area (TPSA) is 68.7 Å². The van der Waals surface area contributed by atoms with Crippen LogP contribution in [0.1, 0.15) is 23.1 Å². The molecule has 1 atom stereocenters. The predicted molar refractivity (Wildman–Crippen MR) is 135 cm³/mol. The number of hydrogen-bond donors (Lipinski definition) is 0. The number of carbonyl (C=O) groups excluding carboxylic acids is 2. The van der Waals surface area contributed by atoms with Crippen LogP contribution in [0.4, 0.5) is 5.69 Å². The number of hydrogen-bond acceptors (Lipinski definition) is 6. The van der Waals surface area contributed by atoms with Crippen molar-refractivity contribution in [1.82, 2.24) is 4.98 Å². The summed E-state index contributed by atoms with van der Waals surface area (Å²) in [7, 11) is 0. The van der Waals surface area contributed by atoms with E-state index in [1.165, 1.54) is 10.5 Å². The zero-order valence-electron chi connectivity index (χ0n) is 19.2. The lowest BCUT2D eigenvalue weighted by molar-refractivity contribution is -0.147. The fourth-order valence-electron chi connectivity index (χ4n) is 4.00. The van der Waals surface area contributed by atoms with Crippen molar-refractivity contribution in [3.8, 4) is 17.0 Å². The fraction of sp³-hybridized carbons (Fsp3) is 0.179. The normalized spacial score (nSPS) is 13.6. The molecule has 2 heterocycles. The van der Waals surface area contributed by atoms with E-state index in [1.54, 1.807) is 18.3 Å². The number of benzene rings is 3. The summed E-state index contributed by atoms with van der Waals surface area (Å²) >= 11 is 1.60. The van der Waals surface area contributed by atoms with Crippen LogP contribution in [0.15, 0.2) is 84.2 Å². The van der Waals surface area contributed by atoms with E-state index >= 15 is 0 Å². The van der Waals surface area contributed by atoms with Crippen LogP contribution in [-0.4, -0.2) is 29.5 Å². The molecule has 0 radical (unpaired) electrons. The molecule has 0 saturated carbocycles. The number of rotatable bonds is 7. The maximum atomic E-state index is 12.8. The quantitative estimate of drug-likeness (QED) is 0.335. The number of carbonyl (C=O) groups is 2. The van der Waals surface area contributed by atoms with Gasteiger partial charge in [-0.25, -0.2) is 9.78 Å². The van der Waals surface area contributed by atoms with Gasteiger partial charge >= 0.3 is 5.97 Å². The van der Waals surface area contributed by atoms with Gasteiger partial charge in [-0.05, 0) is 36.2 Å². The minimum atomic E-state index is -0.798. The van der Waals surface area contributed by atoms with Crippen LogP contribution in [-0.2, 0) is 27.4 Å². The Balaban J connectivity index is 1.36. The first-order chi connectivity index (χ1) is 17.1. The first-order valence-electron chi connectivity index (χ1n) is 11.4. The van der Waals surface area contributed by atoms with Crippen LogP contribution in [0, 0.1) is 0 Å². The van der Waals surface area contributed by atoms with Crippen molar-refractivity contribution in [3.05, 3.63) is 100 Å². The number of fused-ring (bicyclic) bond motifs is 1. The van der Waals surface area contributed by atoms with E-state index in [1.807, 2.05) is 72.1 Å². The van der Waals surface area contributed by atoms with Gasteiger partial charge in [-0.2, -0.15) is 0 Å². The van der Waals surface area contributed by atoms with Gasteiger partial charge in [0.15, 0.2) is 6.61 Å². The summed E-state index contributed by atoms with van der Waals surface area (Å²) in [6, 6.07) is 24.5. The van der Waals surface area contributed by atoms with Gasteiger partial charge in [0.2, 0.25) is 0 Å². The van der Waals surface area contributed by atoms with Gasteiger partial charge in [-0.3, -0.25) is 9.69 Å². The van der Waals surface area contributed by atoms with Gasteiger partial charge in [-0.1, -0.05) is 60.7 Å². The molecule has 176 valence electrons. The van der Waals surface area contributed by atoms with Crippen molar-refractivity contribution in [1.29, 1.82) is 0 Å². The third-order valence-electron chi connectivity index (χ3n) is 5.84. The molecule has 1 unspecified atom stereocenters. The Morgan fingerprint density at radius 3 is 2.51 bits per heavy atom. The molecule has 1 aliphatic rings. The molecule has 6 nitrogen and oxygen atoms in total. The largest absolute Gasteiger partial charge is 0.482 e. The van der Waals surface area contributed by atoms with Crippen molar-refractivity contribution in [3.63, 3.8) is 0 Å². The Kier molecular flexibility index (Phi) is 6.59. The molecule has 0 N–H and O–H groups in total. The predicted octanol–water partition coefficient (Wildman–Crippen LogP) is 5.26. The van der Waals surface area contributed by atoms with Crippen molar-refractivity contribution in [2.75, 3.05) is 11.5 Å². The molecule has 1 aliphatic heterocycles. The minimum Gasteiger partial charge on any atom is -0.482 e. The molecule has 0 aliphatic carbocycles. The first-order valence-corrected chi connectivity index (χ1v) is 12.2. The fourth-order valence-corrected chi connectivity index (χ4v) is 4.84. The summed E-state index contributed by atoms with van der Waals surface area (Å²) in [5, 5.41) is 3.01. The van der Waals surface area contributed by atoms with E-state index in [2.05, 4.69) is 12.1 Å². The molecule has 1 amide bonds. The molecule has 1 aromatic heterocycles. The monoisotopic (exact) mass is 484 g/mol. The molecule has 5 rings (SSSR count). The Morgan fingerprint density at radius 1 is 1.06 bits per heavy atom. The van der Waals surface area contributed by atoms with E-state index in [0.29, 0.717) is 11.4 Å². The molecule has 4 aromatic rings. The summed E-state index contributed by atoms with van der Waals surface area (Å²) in [4.78, 5) is 31.9. The molecule has 0 bridgehead atoms. The third-order valence-corrected chi connectivity index (χ3v) is 6.69. The number of anilines is 1. The summed E-state index contributed by atoms with van der Waals surface area (Å²) < 4.78 is 11.1. The second-order valence-electron chi connectivity index (χ2n) is 8.29. The summed E-state index contributed by atoms with van der Waals surface area (Å²) in [5.74, 6) is -0.211. The van der Waals surface area contributed by atoms with E-state index in [9.17, 15) is 9.59 Å². The highest BCUT2D eigenvalue weighted by Crippen LogP contribution is 2.37. The van der Waals surface area contributed by atoms with Crippen molar-refractivity contribution >= 4 is 28.9 Å². The van der Waals surface area contributed by atoms with E-state index in [4.69, 9.17) is 14.5 Å². The highest BCUT2D eigenvalue weighted by Gasteiger charge is 2.34. The lowest BCUT2D eigenvalue weighted by Gasteiger charge is -2.33. The molecule has 35 heavy (non-hydrogen) atoms. The average molecular weight is 485 g/mol. The summed E-state index contributed by atoms with van der Waals surface area (Å²) in [6.07, 6.45) is 0.758. The standard InChI is InChI=1S/C28H24N2O4S/c1-19(28(32)34-16-21-10-6-3-7-11-21)30-24-15-22(12-13-25(24)33-17-27(30)31)23-18-35-26(29-23)14-20-8-4-2-5-9-20/h2-13,15,18-19H,14,16-17H2,1H3. The second kappa shape index (κ2) is 10.1. The van der Waals surface area contributed by atoms with Crippen molar-refractivity contribution < 1.29 is 19.1 Å². The molecular weight excluding hydrogens is 460 g/mol. The number of esters is 1. The van der Waals surface area contributed by atoms with Crippen LogP contribution in [0.2, 0.25) is 0 Å². The van der Waals surface area contributed by atoms with E-state index in [-0.39, 0.29) is 19.1 Å². The summed E-state index contributed by atoms with van der Waals surface area (Å²) in [5.41, 5.74) is 4.31. The molecule has 0 saturated heterocycles.